The van der Waals surface area contributed by atoms with E-state index in [0.29, 0.717) is 6.42 Å². The second-order valence-electron chi connectivity index (χ2n) is 7.11. The fourth-order valence-corrected chi connectivity index (χ4v) is 3.10. The Morgan fingerprint density at radius 1 is 1.06 bits per heavy atom. The van der Waals surface area contributed by atoms with Crippen molar-refractivity contribution >= 4 is 18.2 Å². The summed E-state index contributed by atoms with van der Waals surface area (Å²) in [6, 6.07) is 12.7. The van der Waals surface area contributed by atoms with E-state index < -0.39 is 24.2 Å². The molecular weight excluding hydrogens is 400 g/mol. The molecule has 166 valence electrons. The molecule has 31 heavy (non-hydrogen) atoms. The average Bonchev–Trinajstić information content (AvgIpc) is 2.74. The van der Waals surface area contributed by atoms with Gasteiger partial charge in [-0.15, -0.1) is 0 Å². The number of hydrogen-bond donors (Lipinski definition) is 3. The Hall–Kier alpha value is -3.55. The smallest absolute Gasteiger partial charge is 0.412 e. The van der Waals surface area contributed by atoms with E-state index in [0.717, 1.165) is 36.0 Å². The molecule has 0 unspecified atom stereocenters. The lowest BCUT2D eigenvalue weighted by Gasteiger charge is -2.18. The van der Waals surface area contributed by atoms with E-state index in [2.05, 4.69) is 17.0 Å². The van der Waals surface area contributed by atoms with Gasteiger partial charge in [0.05, 0.1) is 0 Å². The number of primary amides is 1. The van der Waals surface area contributed by atoms with E-state index in [1.807, 2.05) is 18.2 Å². The number of carbonyl (C=O) groups is 3. The highest BCUT2D eigenvalue weighted by atomic mass is 16.6. The number of amides is 2. The summed E-state index contributed by atoms with van der Waals surface area (Å²) in [6.07, 6.45) is 1.63. The fraction of sp³-hybridized carbons (Fsp3) is 0.348. The maximum atomic E-state index is 12.4. The van der Waals surface area contributed by atoms with Crippen LogP contribution in [-0.2, 0) is 33.7 Å². The number of rotatable bonds is 10. The summed E-state index contributed by atoms with van der Waals surface area (Å²) in [5.74, 6) is -0.876. The number of esters is 1. The van der Waals surface area contributed by atoms with E-state index in [1.165, 1.54) is 6.07 Å². The van der Waals surface area contributed by atoms with E-state index in [1.54, 1.807) is 24.3 Å². The number of alkyl carbamates (subject to hydrolysis) is 1. The monoisotopic (exact) mass is 428 g/mol. The first-order valence-corrected chi connectivity index (χ1v) is 10.2. The number of phenols is 1. The van der Waals surface area contributed by atoms with Crippen molar-refractivity contribution in [3.05, 3.63) is 65.2 Å². The van der Waals surface area contributed by atoms with Gasteiger partial charge in [-0.25, -0.2) is 14.4 Å². The SMILES string of the molecule is CCCCCc1cc(O)ccc1C[C@H](NC(=O)OCc1ccccc1)C(=O)OC(N)=O. The lowest BCUT2D eigenvalue weighted by Crippen LogP contribution is -2.44. The minimum absolute atomic E-state index is 0.0196. The van der Waals surface area contributed by atoms with Gasteiger partial charge >= 0.3 is 18.2 Å². The quantitative estimate of drug-likeness (QED) is 0.301. The number of carbonyl (C=O) groups excluding carboxylic acids is 3. The highest BCUT2D eigenvalue weighted by molar-refractivity contribution is 5.89. The number of hydrogen-bond acceptors (Lipinski definition) is 6. The van der Waals surface area contributed by atoms with Crippen LogP contribution >= 0.6 is 0 Å². The third kappa shape index (κ3) is 8.38. The third-order valence-corrected chi connectivity index (χ3v) is 4.65. The molecule has 0 aliphatic carbocycles. The molecule has 0 radical (unpaired) electrons. The first kappa shape index (κ1) is 23.7. The van der Waals surface area contributed by atoms with Gasteiger partial charge < -0.3 is 25.6 Å². The van der Waals surface area contributed by atoms with Gasteiger partial charge in [0.25, 0.3) is 0 Å². The normalized spacial score (nSPS) is 11.4. The highest BCUT2D eigenvalue weighted by Crippen LogP contribution is 2.21. The summed E-state index contributed by atoms with van der Waals surface area (Å²) in [5.41, 5.74) is 7.34. The van der Waals surface area contributed by atoms with Gasteiger partial charge in [-0.3, -0.25) is 0 Å². The maximum Gasteiger partial charge on any atom is 0.412 e. The summed E-state index contributed by atoms with van der Waals surface area (Å²) >= 11 is 0. The van der Waals surface area contributed by atoms with E-state index >= 15 is 0 Å². The molecule has 2 amide bonds. The van der Waals surface area contributed by atoms with Crippen LogP contribution < -0.4 is 11.1 Å². The number of unbranched alkanes of at least 4 members (excludes halogenated alkanes) is 2. The van der Waals surface area contributed by atoms with Gasteiger partial charge in [0, 0.05) is 6.42 Å². The van der Waals surface area contributed by atoms with Crippen LogP contribution in [0.3, 0.4) is 0 Å². The number of ether oxygens (including phenoxy) is 2. The standard InChI is InChI=1S/C23H28N2O6/c1-2-3-5-10-17-13-19(26)12-11-18(17)14-20(21(27)31-22(24)28)25-23(29)30-15-16-8-6-4-7-9-16/h4,6-9,11-13,20,26H,2-3,5,10,14-15H2,1H3,(H2,24,28)(H,25,29)/t20-/m0/s1. The first-order valence-electron chi connectivity index (χ1n) is 10.2. The van der Waals surface area contributed by atoms with E-state index in [-0.39, 0.29) is 18.8 Å². The van der Waals surface area contributed by atoms with Crippen molar-refractivity contribution in [3.8, 4) is 5.75 Å². The highest BCUT2D eigenvalue weighted by Gasteiger charge is 2.26. The molecule has 4 N–H and O–H groups in total. The molecule has 0 saturated heterocycles. The molecule has 2 aromatic carbocycles. The number of aryl methyl sites for hydroxylation is 1. The average molecular weight is 428 g/mol. The molecule has 8 heteroatoms. The Morgan fingerprint density at radius 2 is 1.81 bits per heavy atom. The lowest BCUT2D eigenvalue weighted by atomic mass is 9.96. The molecule has 0 heterocycles. The topological polar surface area (TPSA) is 128 Å². The molecule has 0 aromatic heterocycles. The van der Waals surface area contributed by atoms with Gasteiger partial charge in [-0.2, -0.15) is 0 Å². The Labute approximate surface area is 181 Å². The summed E-state index contributed by atoms with van der Waals surface area (Å²) in [4.78, 5) is 35.7. The summed E-state index contributed by atoms with van der Waals surface area (Å²) < 4.78 is 9.66. The summed E-state index contributed by atoms with van der Waals surface area (Å²) in [7, 11) is 0. The molecule has 0 saturated carbocycles. The van der Waals surface area contributed by atoms with Crippen LogP contribution in [-0.4, -0.2) is 29.3 Å². The Bertz CT molecular complexity index is 885. The molecule has 0 spiro atoms. The fourth-order valence-electron chi connectivity index (χ4n) is 3.10. The van der Waals surface area contributed by atoms with Crippen molar-refractivity contribution in [1.82, 2.24) is 5.32 Å². The number of aromatic hydroxyl groups is 1. The number of benzene rings is 2. The molecule has 8 nitrogen and oxygen atoms in total. The molecule has 0 aliphatic rings. The van der Waals surface area contributed by atoms with Crippen molar-refractivity contribution in [2.45, 2.75) is 51.7 Å². The second-order valence-corrected chi connectivity index (χ2v) is 7.11. The predicted octanol–water partition coefficient (Wildman–Crippen LogP) is 3.58. The molecular formula is C23H28N2O6. The zero-order valence-electron chi connectivity index (χ0n) is 17.5. The van der Waals surface area contributed by atoms with E-state index in [9.17, 15) is 19.5 Å². The molecule has 0 aliphatic heterocycles. The predicted molar refractivity (Wildman–Crippen MR) is 114 cm³/mol. The largest absolute Gasteiger partial charge is 0.508 e. The van der Waals surface area contributed by atoms with Gasteiger partial charge in [0.1, 0.15) is 18.4 Å². The minimum Gasteiger partial charge on any atom is -0.508 e. The first-order chi connectivity index (χ1) is 14.9. The maximum absolute atomic E-state index is 12.4. The van der Waals surface area contributed by atoms with Crippen molar-refractivity contribution in [3.63, 3.8) is 0 Å². The van der Waals surface area contributed by atoms with E-state index in [4.69, 9.17) is 10.5 Å². The number of nitrogens with one attached hydrogen (secondary N) is 1. The summed E-state index contributed by atoms with van der Waals surface area (Å²) in [6.45, 7) is 2.11. The van der Waals surface area contributed by atoms with Crippen molar-refractivity contribution in [2.24, 2.45) is 5.73 Å². The Kier molecular flexibility index (Phi) is 9.35. The van der Waals surface area contributed by atoms with Gasteiger partial charge in [0.15, 0.2) is 0 Å². The van der Waals surface area contributed by atoms with Crippen LogP contribution in [0.25, 0.3) is 0 Å². The molecule has 1 atom stereocenters. The second kappa shape index (κ2) is 12.2. The van der Waals surface area contributed by atoms with Crippen LogP contribution in [0, 0.1) is 0 Å². The molecule has 0 bridgehead atoms. The number of nitrogens with two attached hydrogens (primary N) is 1. The molecule has 2 rings (SSSR count). The van der Waals surface area contributed by atoms with Crippen LogP contribution in [0.4, 0.5) is 9.59 Å². The minimum atomic E-state index is -1.26. The van der Waals surface area contributed by atoms with Crippen LogP contribution in [0.1, 0.15) is 42.9 Å². The molecule has 0 fully saturated rings. The number of phenolic OH excluding ortho intramolecular Hbond substituents is 1. The third-order valence-electron chi connectivity index (χ3n) is 4.65. The van der Waals surface area contributed by atoms with Gasteiger partial charge in [-0.05, 0) is 41.7 Å². The van der Waals surface area contributed by atoms with Crippen LogP contribution in [0.2, 0.25) is 0 Å². The van der Waals surface area contributed by atoms with Crippen molar-refractivity contribution in [1.29, 1.82) is 0 Å². The van der Waals surface area contributed by atoms with Gasteiger partial charge in [-0.1, -0.05) is 56.2 Å². The van der Waals surface area contributed by atoms with Gasteiger partial charge in [0.2, 0.25) is 0 Å². The Morgan fingerprint density at radius 3 is 2.48 bits per heavy atom. The van der Waals surface area contributed by atoms with Crippen molar-refractivity contribution < 1.29 is 29.0 Å². The zero-order valence-corrected chi connectivity index (χ0v) is 17.5. The Balaban J connectivity index is 2.11. The van der Waals surface area contributed by atoms with Crippen LogP contribution in [0.5, 0.6) is 5.75 Å². The van der Waals surface area contributed by atoms with Crippen molar-refractivity contribution in [2.75, 3.05) is 0 Å². The zero-order chi connectivity index (χ0) is 22.6. The van der Waals surface area contributed by atoms with Crippen LogP contribution in [0.15, 0.2) is 48.5 Å². The molecule has 2 aromatic rings. The lowest BCUT2D eigenvalue weighted by molar-refractivity contribution is -0.139. The summed E-state index contributed by atoms with van der Waals surface area (Å²) in [5, 5.41) is 12.3.